The lowest BCUT2D eigenvalue weighted by Crippen LogP contribution is -2.46. The van der Waals surface area contributed by atoms with E-state index in [-0.39, 0.29) is 6.03 Å². The average molecular weight is 196 g/mol. The zero-order chi connectivity index (χ0) is 10.6. The fraction of sp³-hybridized carbons (Fsp3) is 0.727. The highest BCUT2D eigenvalue weighted by molar-refractivity contribution is 5.75. The van der Waals surface area contributed by atoms with Gasteiger partial charge in [0, 0.05) is 19.3 Å². The molecule has 1 heterocycles. The van der Waals surface area contributed by atoms with Gasteiger partial charge in [0.25, 0.3) is 0 Å². The van der Waals surface area contributed by atoms with Crippen molar-refractivity contribution in [2.75, 3.05) is 13.1 Å². The van der Waals surface area contributed by atoms with Gasteiger partial charge in [0.1, 0.15) is 0 Å². The van der Waals surface area contributed by atoms with E-state index in [2.05, 4.69) is 19.2 Å². The van der Waals surface area contributed by atoms with Crippen molar-refractivity contribution in [1.82, 2.24) is 10.2 Å². The van der Waals surface area contributed by atoms with Crippen LogP contribution < -0.4 is 5.32 Å². The molecule has 1 aliphatic heterocycles. The van der Waals surface area contributed by atoms with E-state index >= 15 is 0 Å². The first-order valence-electron chi connectivity index (χ1n) is 5.30. The highest BCUT2D eigenvalue weighted by atomic mass is 16.2. The summed E-state index contributed by atoms with van der Waals surface area (Å²) in [6, 6.07) is 0.0292. The minimum atomic E-state index is 0.0292. The molecule has 1 rings (SSSR count). The summed E-state index contributed by atoms with van der Waals surface area (Å²) in [5.74, 6) is 1.24. The summed E-state index contributed by atoms with van der Waals surface area (Å²) < 4.78 is 0. The number of likely N-dealkylation sites (tertiary alicyclic amines) is 1. The van der Waals surface area contributed by atoms with E-state index in [1.54, 1.807) is 6.20 Å². The molecule has 1 N–H and O–H groups in total. The summed E-state index contributed by atoms with van der Waals surface area (Å²) >= 11 is 0. The lowest BCUT2D eigenvalue weighted by molar-refractivity contribution is 0.149. The van der Waals surface area contributed by atoms with Crippen LogP contribution in [0, 0.1) is 11.8 Å². The second-order valence-corrected chi connectivity index (χ2v) is 4.30. The van der Waals surface area contributed by atoms with Crippen LogP contribution in [0.3, 0.4) is 0 Å². The number of nitrogens with zero attached hydrogens (tertiary/aromatic N) is 1. The molecule has 3 nitrogen and oxygen atoms in total. The van der Waals surface area contributed by atoms with Crippen molar-refractivity contribution < 1.29 is 4.79 Å². The fourth-order valence-corrected chi connectivity index (χ4v) is 2.07. The quantitative estimate of drug-likeness (QED) is 0.685. The number of hydrogen-bond donors (Lipinski definition) is 1. The summed E-state index contributed by atoms with van der Waals surface area (Å²) in [5.41, 5.74) is 0. The Kier molecular flexibility index (Phi) is 3.98. The maximum atomic E-state index is 11.6. The number of carbonyl (C=O) groups excluding carboxylic acids is 1. The molecule has 0 aliphatic carbocycles. The van der Waals surface area contributed by atoms with E-state index in [9.17, 15) is 4.79 Å². The minimum Gasteiger partial charge on any atom is -0.324 e. The molecule has 0 bridgehead atoms. The van der Waals surface area contributed by atoms with Crippen LogP contribution in [0.15, 0.2) is 12.3 Å². The molecule has 80 valence electrons. The second kappa shape index (κ2) is 5.03. The van der Waals surface area contributed by atoms with Crippen LogP contribution in [0.2, 0.25) is 0 Å². The van der Waals surface area contributed by atoms with Gasteiger partial charge in [-0.3, -0.25) is 0 Å². The Morgan fingerprint density at radius 3 is 2.43 bits per heavy atom. The highest BCUT2D eigenvalue weighted by Gasteiger charge is 2.24. The molecule has 1 fully saturated rings. The van der Waals surface area contributed by atoms with Crippen molar-refractivity contribution in [2.24, 2.45) is 11.8 Å². The Balaban J connectivity index is 2.46. The van der Waals surface area contributed by atoms with E-state index in [4.69, 9.17) is 0 Å². The summed E-state index contributed by atoms with van der Waals surface area (Å²) in [6.07, 6.45) is 4.74. The van der Waals surface area contributed by atoms with Gasteiger partial charge in [-0.1, -0.05) is 19.9 Å². The van der Waals surface area contributed by atoms with Crippen molar-refractivity contribution in [3.8, 4) is 0 Å². The number of amides is 2. The predicted octanol–water partition coefficient (Wildman–Crippen LogP) is 2.21. The summed E-state index contributed by atoms with van der Waals surface area (Å²) in [4.78, 5) is 13.5. The average Bonchev–Trinajstić information content (AvgIpc) is 2.12. The smallest absolute Gasteiger partial charge is 0.321 e. The lowest BCUT2D eigenvalue weighted by atomic mass is 9.92. The molecule has 0 aromatic carbocycles. The van der Waals surface area contributed by atoms with Crippen LogP contribution in [-0.4, -0.2) is 24.0 Å². The number of rotatable bonds is 1. The first kappa shape index (κ1) is 11.1. The van der Waals surface area contributed by atoms with Crippen LogP contribution in [0.5, 0.6) is 0 Å². The molecule has 1 aliphatic rings. The molecule has 1 saturated heterocycles. The van der Waals surface area contributed by atoms with Crippen LogP contribution in [0.25, 0.3) is 0 Å². The minimum absolute atomic E-state index is 0.0292. The molecule has 0 aromatic rings. The molecule has 0 saturated carbocycles. The van der Waals surface area contributed by atoms with E-state index in [1.165, 1.54) is 6.42 Å². The normalized spacial score (nSPS) is 28.1. The Labute approximate surface area is 86.2 Å². The highest BCUT2D eigenvalue weighted by Crippen LogP contribution is 2.20. The van der Waals surface area contributed by atoms with Crippen LogP contribution in [-0.2, 0) is 0 Å². The first-order valence-corrected chi connectivity index (χ1v) is 5.30. The van der Waals surface area contributed by atoms with Gasteiger partial charge in [-0.2, -0.15) is 0 Å². The number of urea groups is 1. The zero-order valence-corrected chi connectivity index (χ0v) is 9.29. The van der Waals surface area contributed by atoms with Gasteiger partial charge in [-0.05, 0) is 25.2 Å². The van der Waals surface area contributed by atoms with E-state index in [1.807, 2.05) is 17.9 Å². The van der Waals surface area contributed by atoms with Crippen LogP contribution in [0.1, 0.15) is 27.2 Å². The Morgan fingerprint density at radius 2 is 1.93 bits per heavy atom. The van der Waals surface area contributed by atoms with Crippen molar-refractivity contribution in [1.29, 1.82) is 0 Å². The molecular weight excluding hydrogens is 176 g/mol. The third-order valence-corrected chi connectivity index (χ3v) is 2.53. The first-order chi connectivity index (χ1) is 6.63. The standard InChI is InChI=1S/C11H20N2O/c1-4-5-12-11(14)13-7-9(2)6-10(3)8-13/h4-5,9-10H,6-8H2,1-3H3,(H,12,14)/b5-4+. The van der Waals surface area contributed by atoms with Gasteiger partial charge in [0.05, 0.1) is 0 Å². The third kappa shape index (κ3) is 3.05. The van der Waals surface area contributed by atoms with Gasteiger partial charge in [0.2, 0.25) is 0 Å². The Hall–Kier alpha value is -0.990. The second-order valence-electron chi connectivity index (χ2n) is 4.30. The molecule has 0 aromatic heterocycles. The van der Waals surface area contributed by atoms with E-state index < -0.39 is 0 Å². The van der Waals surface area contributed by atoms with Crippen molar-refractivity contribution in [3.63, 3.8) is 0 Å². The number of allylic oxidation sites excluding steroid dienone is 1. The van der Waals surface area contributed by atoms with Gasteiger partial charge < -0.3 is 10.2 Å². The van der Waals surface area contributed by atoms with E-state index in [0.717, 1.165) is 13.1 Å². The van der Waals surface area contributed by atoms with Gasteiger partial charge in [-0.25, -0.2) is 4.79 Å². The van der Waals surface area contributed by atoms with E-state index in [0.29, 0.717) is 11.8 Å². The third-order valence-electron chi connectivity index (χ3n) is 2.53. The molecule has 0 radical (unpaired) electrons. The number of hydrogen-bond acceptors (Lipinski definition) is 1. The lowest BCUT2D eigenvalue weighted by Gasteiger charge is -2.34. The number of piperidine rings is 1. The molecule has 2 unspecified atom stereocenters. The number of carbonyl (C=O) groups is 1. The maximum Gasteiger partial charge on any atom is 0.321 e. The molecule has 2 amide bonds. The molecule has 2 atom stereocenters. The number of nitrogens with one attached hydrogen (secondary N) is 1. The molecule has 14 heavy (non-hydrogen) atoms. The van der Waals surface area contributed by atoms with Crippen molar-refractivity contribution in [3.05, 3.63) is 12.3 Å². The fourth-order valence-electron chi connectivity index (χ4n) is 2.07. The van der Waals surface area contributed by atoms with Crippen LogP contribution >= 0.6 is 0 Å². The molecule has 0 spiro atoms. The van der Waals surface area contributed by atoms with Gasteiger partial charge in [-0.15, -0.1) is 0 Å². The summed E-state index contributed by atoms with van der Waals surface area (Å²) in [7, 11) is 0. The predicted molar refractivity (Wildman–Crippen MR) is 57.9 cm³/mol. The molecule has 3 heteroatoms. The van der Waals surface area contributed by atoms with Gasteiger partial charge in [0.15, 0.2) is 0 Å². The Bertz CT molecular complexity index is 215. The zero-order valence-electron chi connectivity index (χ0n) is 9.29. The molecular formula is C11H20N2O. The largest absolute Gasteiger partial charge is 0.324 e. The van der Waals surface area contributed by atoms with Crippen molar-refractivity contribution >= 4 is 6.03 Å². The SMILES string of the molecule is C/C=C/NC(=O)N1CC(C)CC(C)C1. The monoisotopic (exact) mass is 196 g/mol. The van der Waals surface area contributed by atoms with Gasteiger partial charge >= 0.3 is 6.03 Å². The topological polar surface area (TPSA) is 32.3 Å². The summed E-state index contributed by atoms with van der Waals surface area (Å²) in [6.45, 7) is 8.06. The summed E-state index contributed by atoms with van der Waals surface area (Å²) in [5, 5.41) is 2.75. The van der Waals surface area contributed by atoms with Crippen LogP contribution in [0.4, 0.5) is 4.79 Å². The van der Waals surface area contributed by atoms with Crippen molar-refractivity contribution in [2.45, 2.75) is 27.2 Å². The maximum absolute atomic E-state index is 11.6. The Morgan fingerprint density at radius 1 is 1.36 bits per heavy atom.